The number of aromatic nitrogens is 3. The summed E-state index contributed by atoms with van der Waals surface area (Å²) in [4.78, 5) is 16.3. The number of amides is 1. The first kappa shape index (κ1) is 17.5. The van der Waals surface area contributed by atoms with Gasteiger partial charge in [-0.2, -0.15) is 5.10 Å². The summed E-state index contributed by atoms with van der Waals surface area (Å²) in [6.07, 6.45) is 7.11. The van der Waals surface area contributed by atoms with E-state index in [1.54, 1.807) is 6.20 Å². The number of hydrogen-bond donors (Lipinski definition) is 2. The fourth-order valence-corrected chi connectivity index (χ4v) is 3.21. The predicted molar refractivity (Wildman–Crippen MR) is 96.8 cm³/mol. The molecule has 0 saturated heterocycles. The Kier molecular flexibility index (Phi) is 4.83. The lowest BCUT2D eigenvalue weighted by Gasteiger charge is -2.30. The Bertz CT molecular complexity index is 741. The molecule has 25 heavy (non-hydrogen) atoms. The monoisotopic (exact) mass is 345 g/mol. The number of anilines is 1. The molecule has 2 aromatic heterocycles. The van der Waals surface area contributed by atoms with Crippen molar-refractivity contribution < 1.29 is 9.53 Å². The number of aryl methyl sites for hydroxylation is 1. The first-order valence-corrected chi connectivity index (χ1v) is 8.87. The number of carbonyl (C=O) groups is 1. The van der Waals surface area contributed by atoms with Crippen LogP contribution in [0.2, 0.25) is 0 Å². The molecule has 0 atom stereocenters. The van der Waals surface area contributed by atoms with Crippen LogP contribution >= 0.6 is 0 Å². The van der Waals surface area contributed by atoms with E-state index in [2.05, 4.69) is 20.7 Å². The molecular weight excluding hydrogens is 318 g/mol. The fourth-order valence-electron chi connectivity index (χ4n) is 3.21. The maximum atomic E-state index is 11.9. The van der Waals surface area contributed by atoms with Crippen molar-refractivity contribution in [3.05, 3.63) is 24.2 Å². The van der Waals surface area contributed by atoms with E-state index in [9.17, 15) is 4.79 Å². The number of fused-ring (bicyclic) bond motifs is 1. The molecule has 7 heteroatoms. The SMILES string of the molecule is Cc1cc2c(NC3CCC(NC(=O)OC(C)(C)C)CC3)nccn2n1. The second-order valence-electron chi connectivity index (χ2n) is 7.73. The number of rotatable bonds is 3. The van der Waals surface area contributed by atoms with Crippen molar-refractivity contribution >= 4 is 17.4 Å². The zero-order chi connectivity index (χ0) is 18.0. The number of nitrogens with one attached hydrogen (secondary N) is 2. The van der Waals surface area contributed by atoms with Gasteiger partial charge in [-0.1, -0.05) is 0 Å². The van der Waals surface area contributed by atoms with Gasteiger partial charge >= 0.3 is 6.09 Å². The van der Waals surface area contributed by atoms with Gasteiger partial charge in [-0.3, -0.25) is 0 Å². The molecule has 1 aliphatic rings. The van der Waals surface area contributed by atoms with Crippen LogP contribution in [0.25, 0.3) is 5.52 Å². The summed E-state index contributed by atoms with van der Waals surface area (Å²) in [6.45, 7) is 7.60. The minimum absolute atomic E-state index is 0.175. The van der Waals surface area contributed by atoms with Gasteiger partial charge in [0.2, 0.25) is 0 Å². The molecule has 136 valence electrons. The van der Waals surface area contributed by atoms with Crippen LogP contribution in [0, 0.1) is 6.92 Å². The molecule has 1 fully saturated rings. The number of hydrogen-bond acceptors (Lipinski definition) is 5. The fraction of sp³-hybridized carbons (Fsp3) is 0.611. The minimum atomic E-state index is -0.462. The largest absolute Gasteiger partial charge is 0.444 e. The number of carbonyl (C=O) groups excluding carboxylic acids is 1. The van der Waals surface area contributed by atoms with E-state index in [1.807, 2.05) is 44.5 Å². The quantitative estimate of drug-likeness (QED) is 0.892. The van der Waals surface area contributed by atoms with Gasteiger partial charge < -0.3 is 15.4 Å². The number of ether oxygens (including phenoxy) is 1. The molecule has 1 amide bonds. The van der Waals surface area contributed by atoms with E-state index in [-0.39, 0.29) is 12.1 Å². The van der Waals surface area contributed by atoms with Gasteiger partial charge in [-0.15, -0.1) is 0 Å². The lowest BCUT2D eigenvalue weighted by molar-refractivity contribution is 0.0492. The highest BCUT2D eigenvalue weighted by atomic mass is 16.6. The molecule has 1 aliphatic carbocycles. The van der Waals surface area contributed by atoms with Crippen molar-refractivity contribution in [3.8, 4) is 0 Å². The van der Waals surface area contributed by atoms with Gasteiger partial charge in [0, 0.05) is 24.5 Å². The Morgan fingerprint density at radius 2 is 1.92 bits per heavy atom. The van der Waals surface area contributed by atoms with E-state index in [0.29, 0.717) is 6.04 Å². The van der Waals surface area contributed by atoms with E-state index >= 15 is 0 Å². The summed E-state index contributed by atoms with van der Waals surface area (Å²) in [5, 5.41) is 10.9. The smallest absolute Gasteiger partial charge is 0.407 e. The molecule has 0 radical (unpaired) electrons. The van der Waals surface area contributed by atoms with Gasteiger partial charge in [-0.05, 0) is 59.4 Å². The van der Waals surface area contributed by atoms with Crippen LogP contribution in [0.4, 0.5) is 10.6 Å². The highest BCUT2D eigenvalue weighted by Gasteiger charge is 2.25. The summed E-state index contributed by atoms with van der Waals surface area (Å²) in [5.74, 6) is 0.867. The van der Waals surface area contributed by atoms with Gasteiger partial charge in [0.15, 0.2) is 5.82 Å². The van der Waals surface area contributed by atoms with E-state index < -0.39 is 5.60 Å². The van der Waals surface area contributed by atoms with Crippen LogP contribution in [0.1, 0.15) is 52.1 Å². The third-order valence-corrected chi connectivity index (χ3v) is 4.30. The molecule has 2 heterocycles. The Morgan fingerprint density at radius 1 is 1.24 bits per heavy atom. The molecule has 0 bridgehead atoms. The number of nitrogens with zero attached hydrogens (tertiary/aromatic N) is 3. The summed E-state index contributed by atoms with van der Waals surface area (Å²) < 4.78 is 7.18. The van der Waals surface area contributed by atoms with Crippen molar-refractivity contribution in [3.63, 3.8) is 0 Å². The molecule has 7 nitrogen and oxygen atoms in total. The van der Waals surface area contributed by atoms with Crippen LogP contribution in [0.3, 0.4) is 0 Å². The Morgan fingerprint density at radius 3 is 2.60 bits per heavy atom. The van der Waals surface area contributed by atoms with E-state index in [4.69, 9.17) is 4.74 Å². The van der Waals surface area contributed by atoms with Crippen molar-refractivity contribution in [2.24, 2.45) is 0 Å². The molecule has 2 aromatic rings. The van der Waals surface area contributed by atoms with E-state index in [1.165, 1.54) is 0 Å². The summed E-state index contributed by atoms with van der Waals surface area (Å²) in [6, 6.07) is 2.56. The molecular formula is C18H27N5O2. The van der Waals surface area contributed by atoms with Crippen LogP contribution in [-0.4, -0.2) is 38.4 Å². The van der Waals surface area contributed by atoms with Crippen molar-refractivity contribution in [1.29, 1.82) is 0 Å². The summed E-state index contributed by atoms with van der Waals surface area (Å²) in [5.41, 5.74) is 1.51. The lowest BCUT2D eigenvalue weighted by atomic mass is 9.91. The normalized spacial score (nSPS) is 21.1. The summed E-state index contributed by atoms with van der Waals surface area (Å²) >= 11 is 0. The van der Waals surface area contributed by atoms with Gasteiger partial charge in [0.05, 0.1) is 5.69 Å². The Hall–Kier alpha value is -2.31. The molecule has 0 spiro atoms. The first-order valence-electron chi connectivity index (χ1n) is 8.87. The minimum Gasteiger partial charge on any atom is -0.444 e. The first-order chi connectivity index (χ1) is 11.8. The van der Waals surface area contributed by atoms with Crippen LogP contribution in [0.5, 0.6) is 0 Å². The van der Waals surface area contributed by atoms with Gasteiger partial charge in [0.1, 0.15) is 11.1 Å². The van der Waals surface area contributed by atoms with Crippen molar-refractivity contribution in [1.82, 2.24) is 19.9 Å². The number of alkyl carbamates (subject to hydrolysis) is 1. The van der Waals surface area contributed by atoms with Crippen molar-refractivity contribution in [2.45, 2.75) is 71.1 Å². The maximum Gasteiger partial charge on any atom is 0.407 e. The topological polar surface area (TPSA) is 80.5 Å². The second-order valence-corrected chi connectivity index (χ2v) is 7.73. The van der Waals surface area contributed by atoms with Crippen LogP contribution < -0.4 is 10.6 Å². The van der Waals surface area contributed by atoms with Gasteiger partial charge in [0.25, 0.3) is 0 Å². The third-order valence-electron chi connectivity index (χ3n) is 4.30. The van der Waals surface area contributed by atoms with Crippen molar-refractivity contribution in [2.75, 3.05) is 5.32 Å². The molecule has 0 aromatic carbocycles. The Labute approximate surface area is 148 Å². The molecule has 0 aliphatic heterocycles. The van der Waals surface area contributed by atoms with Crippen LogP contribution in [-0.2, 0) is 4.74 Å². The zero-order valence-electron chi connectivity index (χ0n) is 15.4. The average molecular weight is 345 g/mol. The molecule has 2 N–H and O–H groups in total. The van der Waals surface area contributed by atoms with Crippen LogP contribution in [0.15, 0.2) is 18.5 Å². The van der Waals surface area contributed by atoms with E-state index in [0.717, 1.165) is 42.7 Å². The Balaban J connectivity index is 1.53. The average Bonchev–Trinajstić information content (AvgIpc) is 2.88. The molecule has 3 rings (SSSR count). The standard InChI is InChI=1S/C18H27N5O2/c1-12-11-15-16(19-9-10-23(15)22-12)20-13-5-7-14(8-6-13)21-17(24)25-18(2,3)4/h9-11,13-14H,5-8H2,1-4H3,(H,19,20)(H,21,24). The highest BCUT2D eigenvalue weighted by Crippen LogP contribution is 2.24. The molecule has 0 unspecified atom stereocenters. The van der Waals surface area contributed by atoms with Gasteiger partial charge in [-0.25, -0.2) is 14.3 Å². The predicted octanol–water partition coefficient (Wildman–Crippen LogP) is 3.29. The highest BCUT2D eigenvalue weighted by molar-refractivity contribution is 5.68. The maximum absolute atomic E-state index is 11.9. The lowest BCUT2D eigenvalue weighted by Crippen LogP contribution is -2.42. The second kappa shape index (κ2) is 6.90. The summed E-state index contributed by atoms with van der Waals surface area (Å²) in [7, 11) is 0. The molecule has 1 saturated carbocycles. The zero-order valence-corrected chi connectivity index (χ0v) is 15.4. The third kappa shape index (κ3) is 4.61.